The highest BCUT2D eigenvalue weighted by molar-refractivity contribution is 7.99. The number of benzene rings is 2. The zero-order valence-electron chi connectivity index (χ0n) is 14.6. The zero-order valence-corrected chi connectivity index (χ0v) is 15.4. The predicted molar refractivity (Wildman–Crippen MR) is 100 cm³/mol. The van der Waals surface area contributed by atoms with E-state index >= 15 is 0 Å². The number of rotatable bonds is 1. The second-order valence-corrected chi connectivity index (χ2v) is 7.80. The van der Waals surface area contributed by atoms with Crippen LogP contribution < -0.4 is 0 Å². The highest BCUT2D eigenvalue weighted by Gasteiger charge is 2.27. The Morgan fingerprint density at radius 3 is 2.52 bits per heavy atom. The number of hydrogen-bond acceptors (Lipinski definition) is 4. The molecule has 0 radical (unpaired) electrons. The van der Waals surface area contributed by atoms with E-state index in [0.717, 1.165) is 17.7 Å². The molecule has 0 atom stereocenters. The van der Waals surface area contributed by atoms with Crippen LogP contribution in [0.5, 0.6) is 5.75 Å². The van der Waals surface area contributed by atoms with Crippen LogP contribution in [0.15, 0.2) is 41.3 Å². The van der Waals surface area contributed by atoms with Crippen molar-refractivity contribution in [2.24, 2.45) is 0 Å². The summed E-state index contributed by atoms with van der Waals surface area (Å²) < 4.78 is 4.62. The van der Waals surface area contributed by atoms with Crippen LogP contribution >= 0.6 is 11.8 Å². The van der Waals surface area contributed by atoms with E-state index in [0.29, 0.717) is 5.56 Å². The summed E-state index contributed by atoms with van der Waals surface area (Å²) in [6.45, 7) is 4.54. The van der Waals surface area contributed by atoms with Crippen molar-refractivity contribution in [1.82, 2.24) is 0 Å². The molecule has 3 nitrogen and oxygen atoms in total. The highest BCUT2D eigenvalue weighted by Crippen LogP contribution is 2.41. The van der Waals surface area contributed by atoms with Gasteiger partial charge in [-0.25, -0.2) is 4.79 Å². The fourth-order valence-corrected chi connectivity index (χ4v) is 4.34. The van der Waals surface area contributed by atoms with Crippen LogP contribution in [-0.2, 0) is 10.2 Å². The minimum Gasteiger partial charge on any atom is -0.507 e. The quantitative estimate of drug-likeness (QED) is 0.612. The lowest BCUT2D eigenvalue weighted by Gasteiger charge is -2.32. The average molecular weight is 352 g/mol. The van der Waals surface area contributed by atoms with Crippen LogP contribution in [0.4, 0.5) is 0 Å². The second-order valence-electron chi connectivity index (χ2n) is 6.67. The fraction of sp³-hybridized carbons (Fsp3) is 0.286. The van der Waals surface area contributed by atoms with Gasteiger partial charge in [0.05, 0.1) is 7.11 Å². The minimum atomic E-state index is -0.563. The molecule has 0 unspecified atom stereocenters. The Balaban J connectivity index is 1.90. The molecule has 0 spiro atoms. The summed E-state index contributed by atoms with van der Waals surface area (Å²) in [7, 11) is 1.28. The van der Waals surface area contributed by atoms with E-state index in [4.69, 9.17) is 0 Å². The third-order valence-electron chi connectivity index (χ3n) is 4.45. The molecule has 128 valence electrons. The molecule has 0 saturated carbocycles. The molecule has 0 aromatic heterocycles. The maximum absolute atomic E-state index is 11.5. The number of thioether (sulfide) groups is 1. The molecular weight excluding hydrogens is 332 g/mol. The third-order valence-corrected chi connectivity index (χ3v) is 5.52. The molecule has 2 aromatic rings. The Hall–Kier alpha value is -2.38. The van der Waals surface area contributed by atoms with Crippen LogP contribution in [-0.4, -0.2) is 23.9 Å². The van der Waals surface area contributed by atoms with Gasteiger partial charge in [-0.3, -0.25) is 0 Å². The summed E-state index contributed by atoms with van der Waals surface area (Å²) >= 11 is 1.90. The Kier molecular flexibility index (Phi) is 4.78. The lowest BCUT2D eigenvalue weighted by Crippen LogP contribution is -2.22. The lowest BCUT2D eigenvalue weighted by atomic mass is 9.81. The number of ether oxygens (including phenoxy) is 1. The van der Waals surface area contributed by atoms with Gasteiger partial charge >= 0.3 is 5.97 Å². The van der Waals surface area contributed by atoms with Crippen LogP contribution in [0.2, 0.25) is 0 Å². The minimum absolute atomic E-state index is 0.123. The number of fused-ring (bicyclic) bond motifs is 1. The Labute approximate surface area is 152 Å². The van der Waals surface area contributed by atoms with Crippen molar-refractivity contribution in [3.63, 3.8) is 0 Å². The van der Waals surface area contributed by atoms with Gasteiger partial charge in [0.15, 0.2) is 0 Å². The fourth-order valence-electron chi connectivity index (χ4n) is 2.85. The van der Waals surface area contributed by atoms with Gasteiger partial charge in [-0.2, -0.15) is 0 Å². The van der Waals surface area contributed by atoms with Crippen molar-refractivity contribution in [3.05, 3.63) is 58.7 Å². The summed E-state index contributed by atoms with van der Waals surface area (Å²) in [6, 6.07) is 11.1. The summed E-state index contributed by atoms with van der Waals surface area (Å²) in [4.78, 5) is 12.8. The van der Waals surface area contributed by atoms with Crippen LogP contribution in [0, 0.1) is 11.8 Å². The van der Waals surface area contributed by atoms with E-state index in [9.17, 15) is 9.90 Å². The molecule has 1 N–H and O–H groups in total. The van der Waals surface area contributed by atoms with Crippen LogP contribution in [0.25, 0.3) is 0 Å². The second kappa shape index (κ2) is 6.85. The predicted octanol–water partition coefficient (Wildman–Crippen LogP) is 4.35. The van der Waals surface area contributed by atoms with E-state index < -0.39 is 5.97 Å². The summed E-state index contributed by atoms with van der Waals surface area (Å²) in [5, 5.41) is 9.95. The molecule has 2 aromatic carbocycles. The molecule has 0 saturated heterocycles. The van der Waals surface area contributed by atoms with Crippen molar-refractivity contribution in [2.75, 3.05) is 12.9 Å². The first-order chi connectivity index (χ1) is 11.9. The van der Waals surface area contributed by atoms with E-state index in [1.54, 1.807) is 6.07 Å². The van der Waals surface area contributed by atoms with Crippen molar-refractivity contribution >= 4 is 17.7 Å². The molecule has 0 bridgehead atoms. The van der Waals surface area contributed by atoms with Gasteiger partial charge in [0, 0.05) is 16.0 Å². The number of esters is 1. The standard InChI is InChI=1S/C21H20O3S/c1-21(2)10-11-25-19-9-7-14(12-17(19)21)4-5-15-6-8-16(18(22)13-15)20(23)24-3/h6-9,12-13,22H,10-11H2,1-3H3. The van der Waals surface area contributed by atoms with Gasteiger partial charge in [-0.15, -0.1) is 11.8 Å². The molecular formula is C21H20O3S. The summed E-state index contributed by atoms with van der Waals surface area (Å²) in [5.74, 6) is 6.67. The zero-order chi connectivity index (χ0) is 18.0. The van der Waals surface area contributed by atoms with Crippen LogP contribution in [0.1, 0.15) is 47.3 Å². The van der Waals surface area contributed by atoms with Crippen molar-refractivity contribution < 1.29 is 14.6 Å². The smallest absolute Gasteiger partial charge is 0.341 e. The maximum atomic E-state index is 11.5. The van der Waals surface area contributed by atoms with E-state index in [-0.39, 0.29) is 16.7 Å². The third kappa shape index (κ3) is 3.67. The number of phenols is 1. The van der Waals surface area contributed by atoms with Crippen molar-refractivity contribution in [1.29, 1.82) is 0 Å². The first-order valence-corrected chi connectivity index (χ1v) is 9.10. The topological polar surface area (TPSA) is 46.5 Å². The number of carbonyl (C=O) groups is 1. The SMILES string of the molecule is COC(=O)c1ccc(C#Cc2ccc3c(c2)C(C)(C)CCS3)cc1O. The molecule has 1 aliphatic rings. The molecule has 4 heteroatoms. The monoisotopic (exact) mass is 352 g/mol. The van der Waals surface area contributed by atoms with Crippen molar-refractivity contribution in [2.45, 2.75) is 30.6 Å². The molecule has 3 rings (SSSR count). The van der Waals surface area contributed by atoms with E-state index in [2.05, 4.69) is 42.6 Å². The largest absolute Gasteiger partial charge is 0.507 e. The van der Waals surface area contributed by atoms with E-state index in [1.165, 1.54) is 29.7 Å². The number of hydrogen-bond donors (Lipinski definition) is 1. The summed E-state index contributed by atoms with van der Waals surface area (Å²) in [5.41, 5.74) is 3.25. The Bertz CT molecular complexity index is 888. The number of methoxy groups -OCH3 is 1. The van der Waals surface area contributed by atoms with Gasteiger partial charge in [0.2, 0.25) is 0 Å². The van der Waals surface area contributed by atoms with Gasteiger partial charge < -0.3 is 9.84 Å². The molecule has 0 amide bonds. The first-order valence-electron chi connectivity index (χ1n) is 8.11. The average Bonchev–Trinajstić information content (AvgIpc) is 2.59. The van der Waals surface area contributed by atoms with Gasteiger partial charge in [0.25, 0.3) is 0 Å². The van der Waals surface area contributed by atoms with Gasteiger partial charge in [-0.1, -0.05) is 25.7 Å². The number of phenolic OH excluding ortho intramolecular Hbond substituents is 1. The van der Waals surface area contributed by atoms with Crippen LogP contribution in [0.3, 0.4) is 0 Å². The highest BCUT2D eigenvalue weighted by atomic mass is 32.2. The maximum Gasteiger partial charge on any atom is 0.341 e. The first kappa shape index (κ1) is 17.4. The van der Waals surface area contributed by atoms with Gasteiger partial charge in [-0.05, 0) is 59.6 Å². The normalized spacial score (nSPS) is 14.8. The Morgan fingerprint density at radius 2 is 1.84 bits per heavy atom. The lowest BCUT2D eigenvalue weighted by molar-refractivity contribution is 0.0597. The number of aromatic hydroxyl groups is 1. The van der Waals surface area contributed by atoms with Gasteiger partial charge in [0.1, 0.15) is 11.3 Å². The Morgan fingerprint density at radius 1 is 1.16 bits per heavy atom. The molecule has 0 aliphatic carbocycles. The molecule has 1 heterocycles. The molecule has 0 fully saturated rings. The van der Waals surface area contributed by atoms with E-state index in [1.807, 2.05) is 17.8 Å². The molecule has 1 aliphatic heterocycles. The van der Waals surface area contributed by atoms with Crippen molar-refractivity contribution in [3.8, 4) is 17.6 Å². The molecule has 25 heavy (non-hydrogen) atoms. The number of carbonyl (C=O) groups excluding carboxylic acids is 1. The summed E-state index contributed by atoms with van der Waals surface area (Å²) in [6.07, 6.45) is 1.16.